The number of hydrogen-bond donors (Lipinski definition) is 0. The fourth-order valence-corrected chi connectivity index (χ4v) is 3.22. The van der Waals surface area contributed by atoms with E-state index in [0.717, 1.165) is 25.6 Å². The molecule has 0 N–H and O–H groups in total. The standard InChI is InChI=1S/C11H10Br2INO/c12-5-7-3-11(16)15(6-7)10-4-8(13)1-2-9(10)14/h1-2,4,7H,3,5-6H2. The second-order valence-corrected chi connectivity index (χ2v) is 6.55. The molecule has 1 aliphatic heterocycles. The molecule has 0 radical (unpaired) electrons. The van der Waals surface area contributed by atoms with Crippen LogP contribution in [0.1, 0.15) is 6.42 Å². The molecule has 1 unspecified atom stereocenters. The summed E-state index contributed by atoms with van der Waals surface area (Å²) in [4.78, 5) is 13.8. The zero-order valence-electron chi connectivity index (χ0n) is 8.42. The van der Waals surface area contributed by atoms with Crippen LogP contribution in [0, 0.1) is 9.49 Å². The molecule has 1 aromatic rings. The van der Waals surface area contributed by atoms with Crippen LogP contribution in [0.3, 0.4) is 0 Å². The Kier molecular flexibility index (Phi) is 4.29. The molecule has 1 fully saturated rings. The number of rotatable bonds is 2. The number of halogens is 3. The quantitative estimate of drug-likeness (QED) is 0.487. The number of amides is 1. The van der Waals surface area contributed by atoms with Gasteiger partial charge < -0.3 is 4.90 Å². The number of benzene rings is 1. The third kappa shape index (κ3) is 2.61. The maximum Gasteiger partial charge on any atom is 0.227 e. The summed E-state index contributed by atoms with van der Waals surface area (Å²) in [6.45, 7) is 0.816. The molecule has 1 heterocycles. The van der Waals surface area contributed by atoms with Crippen LogP contribution in [-0.2, 0) is 4.79 Å². The number of alkyl halides is 1. The number of hydrogen-bond acceptors (Lipinski definition) is 1. The van der Waals surface area contributed by atoms with Crippen LogP contribution in [0.2, 0.25) is 0 Å². The Hall–Kier alpha value is 0.380. The van der Waals surface area contributed by atoms with Crippen molar-refractivity contribution >= 4 is 66.0 Å². The summed E-state index contributed by atoms with van der Waals surface area (Å²) in [7, 11) is 0. The Morgan fingerprint density at radius 2 is 2.25 bits per heavy atom. The lowest BCUT2D eigenvalue weighted by Crippen LogP contribution is -2.25. The number of carbonyl (C=O) groups excluding carboxylic acids is 1. The van der Waals surface area contributed by atoms with E-state index in [1.165, 1.54) is 0 Å². The highest BCUT2D eigenvalue weighted by Crippen LogP contribution is 2.31. The van der Waals surface area contributed by atoms with E-state index in [0.29, 0.717) is 12.3 Å². The van der Waals surface area contributed by atoms with Gasteiger partial charge in [-0.1, -0.05) is 31.9 Å². The van der Waals surface area contributed by atoms with E-state index < -0.39 is 0 Å². The van der Waals surface area contributed by atoms with E-state index in [1.54, 1.807) is 0 Å². The smallest absolute Gasteiger partial charge is 0.227 e. The van der Waals surface area contributed by atoms with E-state index >= 15 is 0 Å². The van der Waals surface area contributed by atoms with Crippen LogP contribution in [0.4, 0.5) is 5.69 Å². The summed E-state index contributed by atoms with van der Waals surface area (Å²) in [5.41, 5.74) is 1.02. The van der Waals surface area contributed by atoms with Gasteiger partial charge in [0.2, 0.25) is 5.91 Å². The van der Waals surface area contributed by atoms with Gasteiger partial charge in [-0.2, -0.15) is 0 Å². The second-order valence-electron chi connectivity index (χ2n) is 3.82. The van der Waals surface area contributed by atoms with Crippen molar-refractivity contribution in [3.05, 3.63) is 26.2 Å². The molecule has 1 aromatic carbocycles. The topological polar surface area (TPSA) is 20.3 Å². The second kappa shape index (κ2) is 5.35. The van der Waals surface area contributed by atoms with Crippen LogP contribution in [-0.4, -0.2) is 17.8 Å². The molecular weight excluding hydrogens is 449 g/mol. The first-order valence-corrected chi connectivity index (χ1v) is 7.92. The molecule has 5 heteroatoms. The molecule has 86 valence electrons. The number of anilines is 1. The Morgan fingerprint density at radius 3 is 2.88 bits per heavy atom. The Balaban J connectivity index is 2.30. The molecule has 1 amide bonds. The van der Waals surface area contributed by atoms with Gasteiger partial charge in [0.15, 0.2) is 0 Å². The zero-order valence-corrected chi connectivity index (χ0v) is 13.7. The maximum absolute atomic E-state index is 11.9. The molecule has 0 saturated carbocycles. The van der Waals surface area contributed by atoms with Crippen LogP contribution in [0.5, 0.6) is 0 Å². The largest absolute Gasteiger partial charge is 0.311 e. The van der Waals surface area contributed by atoms with Gasteiger partial charge in [0.05, 0.1) is 5.69 Å². The molecule has 16 heavy (non-hydrogen) atoms. The van der Waals surface area contributed by atoms with Crippen molar-refractivity contribution in [3.8, 4) is 0 Å². The fraction of sp³-hybridized carbons (Fsp3) is 0.364. The highest BCUT2D eigenvalue weighted by atomic mass is 127. The molecule has 0 bridgehead atoms. The lowest BCUT2D eigenvalue weighted by Gasteiger charge is -2.18. The van der Waals surface area contributed by atoms with E-state index in [2.05, 4.69) is 54.5 Å². The molecule has 1 atom stereocenters. The third-order valence-corrected chi connectivity index (χ3v) is 4.94. The van der Waals surface area contributed by atoms with Crippen LogP contribution in [0.25, 0.3) is 0 Å². The van der Waals surface area contributed by atoms with Crippen molar-refractivity contribution in [1.82, 2.24) is 0 Å². The summed E-state index contributed by atoms with van der Waals surface area (Å²) >= 11 is 9.16. The first-order valence-electron chi connectivity index (χ1n) is 4.93. The molecule has 0 aliphatic carbocycles. The lowest BCUT2D eigenvalue weighted by molar-refractivity contribution is -0.117. The van der Waals surface area contributed by atoms with E-state index in [4.69, 9.17) is 0 Å². The van der Waals surface area contributed by atoms with E-state index in [9.17, 15) is 4.79 Å². The van der Waals surface area contributed by atoms with Crippen molar-refractivity contribution in [2.75, 3.05) is 16.8 Å². The van der Waals surface area contributed by atoms with Gasteiger partial charge in [-0.3, -0.25) is 4.79 Å². The zero-order chi connectivity index (χ0) is 11.7. The molecule has 1 aliphatic rings. The van der Waals surface area contributed by atoms with Crippen molar-refractivity contribution in [2.45, 2.75) is 6.42 Å². The van der Waals surface area contributed by atoms with Gasteiger partial charge in [0.25, 0.3) is 0 Å². The predicted molar refractivity (Wildman–Crippen MR) is 81.1 cm³/mol. The van der Waals surface area contributed by atoms with E-state index in [-0.39, 0.29) is 5.91 Å². The van der Waals surface area contributed by atoms with Crippen LogP contribution >= 0.6 is 54.5 Å². The van der Waals surface area contributed by atoms with Crippen molar-refractivity contribution in [1.29, 1.82) is 0 Å². The van der Waals surface area contributed by atoms with Gasteiger partial charge >= 0.3 is 0 Å². The average molecular weight is 459 g/mol. The highest BCUT2D eigenvalue weighted by molar-refractivity contribution is 14.1. The SMILES string of the molecule is O=C1CC(CBr)CN1c1cc(Br)ccc1I. The minimum Gasteiger partial charge on any atom is -0.311 e. The minimum absolute atomic E-state index is 0.223. The molecule has 2 nitrogen and oxygen atoms in total. The number of carbonyl (C=O) groups is 1. The summed E-state index contributed by atoms with van der Waals surface area (Å²) in [6, 6.07) is 6.03. The molecule has 2 rings (SSSR count). The summed E-state index contributed by atoms with van der Waals surface area (Å²) < 4.78 is 2.13. The van der Waals surface area contributed by atoms with Crippen LogP contribution in [0.15, 0.2) is 22.7 Å². The maximum atomic E-state index is 11.9. The lowest BCUT2D eigenvalue weighted by atomic mass is 10.2. The summed E-state index contributed by atoms with van der Waals surface area (Å²) in [5, 5.41) is 0.889. The molecule has 0 spiro atoms. The summed E-state index contributed by atoms with van der Waals surface area (Å²) in [6.07, 6.45) is 0.647. The minimum atomic E-state index is 0.223. The average Bonchev–Trinajstić information content (AvgIpc) is 2.63. The normalized spacial score (nSPS) is 20.6. The highest BCUT2D eigenvalue weighted by Gasteiger charge is 2.30. The van der Waals surface area contributed by atoms with Gasteiger partial charge in [-0.25, -0.2) is 0 Å². The van der Waals surface area contributed by atoms with Gasteiger partial charge in [0, 0.05) is 26.3 Å². The molecule has 1 saturated heterocycles. The Morgan fingerprint density at radius 1 is 1.50 bits per heavy atom. The Labute approximate surface area is 125 Å². The van der Waals surface area contributed by atoms with Crippen molar-refractivity contribution < 1.29 is 4.79 Å². The first-order chi connectivity index (χ1) is 7.61. The van der Waals surface area contributed by atoms with Crippen molar-refractivity contribution in [2.24, 2.45) is 5.92 Å². The van der Waals surface area contributed by atoms with Gasteiger partial charge in [0.1, 0.15) is 0 Å². The van der Waals surface area contributed by atoms with Gasteiger partial charge in [-0.15, -0.1) is 0 Å². The van der Waals surface area contributed by atoms with Crippen LogP contribution < -0.4 is 4.90 Å². The monoisotopic (exact) mass is 457 g/mol. The first kappa shape index (κ1) is 12.8. The molecular formula is C11H10Br2INO. The fourth-order valence-electron chi connectivity index (χ4n) is 1.81. The van der Waals surface area contributed by atoms with Crippen molar-refractivity contribution in [3.63, 3.8) is 0 Å². The van der Waals surface area contributed by atoms with Gasteiger partial charge in [-0.05, 0) is 46.7 Å². The summed E-state index contributed by atoms with van der Waals surface area (Å²) in [5.74, 6) is 0.655. The third-order valence-electron chi connectivity index (χ3n) is 2.62. The van der Waals surface area contributed by atoms with E-state index in [1.807, 2.05) is 23.1 Å². The predicted octanol–water partition coefficient (Wildman–Crippen LogP) is 3.80. The number of nitrogens with zero attached hydrogens (tertiary/aromatic N) is 1. The molecule has 0 aromatic heterocycles. The Bertz CT molecular complexity index is 424.